The topological polar surface area (TPSA) is 64.1 Å². The van der Waals surface area contributed by atoms with E-state index < -0.39 is 0 Å². The molecule has 0 saturated heterocycles. The molecule has 5 N–H and O–H groups in total. The Morgan fingerprint density at radius 1 is 1.38 bits per heavy atom. The van der Waals surface area contributed by atoms with Crippen molar-refractivity contribution in [2.75, 3.05) is 5.32 Å². The van der Waals surface area contributed by atoms with Crippen LogP contribution in [0.15, 0.2) is 24.3 Å². The van der Waals surface area contributed by atoms with E-state index in [1.165, 1.54) is 0 Å². The van der Waals surface area contributed by atoms with Crippen molar-refractivity contribution < 1.29 is 31.0 Å². The summed E-state index contributed by atoms with van der Waals surface area (Å²) in [6.45, 7) is 0.549. The van der Waals surface area contributed by atoms with Gasteiger partial charge in [-0.05, 0) is 29.9 Å². The van der Waals surface area contributed by atoms with Gasteiger partial charge >= 0.3 is 29.6 Å². The number of hydrogen-bond acceptors (Lipinski definition) is 2. The minimum atomic E-state index is 0. The molecule has 0 amide bonds. The van der Waals surface area contributed by atoms with Gasteiger partial charge < -0.3 is 18.2 Å². The van der Waals surface area contributed by atoms with Crippen LogP contribution in [0.5, 0.6) is 0 Å². The third-order valence-corrected chi connectivity index (χ3v) is 1.56. The zero-order valence-corrected chi connectivity index (χ0v) is 10.4. The van der Waals surface area contributed by atoms with Gasteiger partial charge in [0.25, 0.3) is 0 Å². The first-order valence-electron chi connectivity index (χ1n) is 3.58. The van der Waals surface area contributed by atoms with Gasteiger partial charge in [0, 0.05) is 12.2 Å². The molecule has 1 aromatic carbocycles. The van der Waals surface area contributed by atoms with Crippen molar-refractivity contribution in [3.05, 3.63) is 29.8 Å². The molecule has 0 fully saturated rings. The third-order valence-electron chi connectivity index (χ3n) is 1.46. The molecule has 0 radical (unpaired) electrons. The van der Waals surface area contributed by atoms with E-state index >= 15 is 0 Å². The second-order valence-corrected chi connectivity index (χ2v) is 2.83. The fourth-order valence-electron chi connectivity index (χ4n) is 0.866. The van der Waals surface area contributed by atoms with Crippen LogP contribution >= 0.6 is 12.2 Å². The van der Waals surface area contributed by atoms with E-state index in [2.05, 4.69) is 17.5 Å². The molecule has 1 aromatic rings. The molecular weight excluding hydrogens is 193 g/mol. The molecule has 0 bridgehead atoms. The number of nitrogens with one attached hydrogen (secondary N) is 1. The molecule has 0 heterocycles. The average Bonchev–Trinajstić information content (AvgIpc) is 2.05. The van der Waals surface area contributed by atoms with Gasteiger partial charge in [-0.3, -0.25) is 0 Å². The molecule has 0 aliphatic heterocycles. The first-order valence-corrected chi connectivity index (χ1v) is 3.98. The van der Waals surface area contributed by atoms with E-state index in [1.54, 1.807) is 0 Å². The van der Waals surface area contributed by atoms with E-state index in [4.69, 9.17) is 11.5 Å². The maximum absolute atomic E-state index is 5.43. The molecule has 0 atom stereocenters. The van der Waals surface area contributed by atoms with Crippen LogP contribution in [0.2, 0.25) is 0 Å². The summed E-state index contributed by atoms with van der Waals surface area (Å²) >= 11 is 4.68. The Morgan fingerprint density at radius 2 is 1.92 bits per heavy atom. The summed E-state index contributed by atoms with van der Waals surface area (Å²) in [6.07, 6.45) is 0. The molecule has 0 spiro atoms. The zero-order chi connectivity index (χ0) is 8.97. The SMILES string of the molecule is NCc1ccc(NC(N)=S)cc1.[H-].[Na+]. The standard InChI is InChI=1S/C8H11N3S.Na.H/c9-5-6-1-3-7(4-2-6)11-8(10)12;;/h1-4H,5,9H2,(H3,10,11,12);;/q;+1;-1. The van der Waals surface area contributed by atoms with Crippen LogP contribution in [0, 0.1) is 0 Å². The van der Waals surface area contributed by atoms with Gasteiger partial charge in [-0.1, -0.05) is 12.1 Å². The van der Waals surface area contributed by atoms with E-state index in [0.717, 1.165) is 11.3 Å². The predicted octanol–water partition coefficient (Wildman–Crippen LogP) is -2.08. The Kier molecular flexibility index (Phi) is 6.28. The molecule has 0 aliphatic carbocycles. The van der Waals surface area contributed by atoms with Crippen LogP contribution in [0.25, 0.3) is 0 Å². The molecule has 13 heavy (non-hydrogen) atoms. The minimum Gasteiger partial charge on any atom is -1.00 e. The number of benzene rings is 1. The summed E-state index contributed by atoms with van der Waals surface area (Å²) in [5.41, 5.74) is 12.7. The normalized spacial score (nSPS) is 8.69. The summed E-state index contributed by atoms with van der Waals surface area (Å²) < 4.78 is 0. The van der Waals surface area contributed by atoms with Crippen LogP contribution in [-0.2, 0) is 6.54 Å². The van der Waals surface area contributed by atoms with E-state index in [-0.39, 0.29) is 36.1 Å². The number of thiocarbonyl (C=S) groups is 1. The van der Waals surface area contributed by atoms with Crippen LogP contribution < -0.4 is 46.3 Å². The fraction of sp³-hybridized carbons (Fsp3) is 0.125. The van der Waals surface area contributed by atoms with Gasteiger partial charge in [-0.15, -0.1) is 0 Å². The van der Waals surface area contributed by atoms with Gasteiger partial charge in [-0.25, -0.2) is 0 Å². The van der Waals surface area contributed by atoms with Crippen LogP contribution in [-0.4, -0.2) is 5.11 Å². The Hall–Kier alpha value is -0.130. The van der Waals surface area contributed by atoms with Crippen molar-refractivity contribution in [2.45, 2.75) is 6.54 Å². The van der Waals surface area contributed by atoms with Crippen molar-refractivity contribution >= 4 is 23.0 Å². The van der Waals surface area contributed by atoms with E-state index in [9.17, 15) is 0 Å². The van der Waals surface area contributed by atoms with Crippen LogP contribution in [0.1, 0.15) is 6.99 Å². The maximum Gasteiger partial charge on any atom is 1.00 e. The van der Waals surface area contributed by atoms with Crippen LogP contribution in [0.3, 0.4) is 0 Å². The van der Waals surface area contributed by atoms with Crippen molar-refractivity contribution in [2.24, 2.45) is 11.5 Å². The van der Waals surface area contributed by atoms with Crippen molar-refractivity contribution in [3.63, 3.8) is 0 Å². The molecule has 5 heteroatoms. The first-order chi connectivity index (χ1) is 5.72. The van der Waals surface area contributed by atoms with Crippen molar-refractivity contribution in [1.29, 1.82) is 0 Å². The summed E-state index contributed by atoms with van der Waals surface area (Å²) in [7, 11) is 0. The molecule has 0 aliphatic rings. The van der Waals surface area contributed by atoms with E-state index in [1.807, 2.05) is 24.3 Å². The number of hydrogen-bond donors (Lipinski definition) is 3. The quantitative estimate of drug-likeness (QED) is 0.383. The monoisotopic (exact) mass is 205 g/mol. The molecule has 0 aromatic heterocycles. The summed E-state index contributed by atoms with van der Waals surface area (Å²) in [4.78, 5) is 0. The van der Waals surface area contributed by atoms with Gasteiger partial charge in [-0.2, -0.15) is 0 Å². The number of nitrogens with two attached hydrogens (primary N) is 2. The smallest absolute Gasteiger partial charge is 1.00 e. The molecular formula is C8H12N3NaS. The van der Waals surface area contributed by atoms with Crippen molar-refractivity contribution in [1.82, 2.24) is 0 Å². The van der Waals surface area contributed by atoms with Gasteiger partial charge in [0.1, 0.15) is 0 Å². The maximum atomic E-state index is 5.43. The van der Waals surface area contributed by atoms with Crippen molar-refractivity contribution in [3.8, 4) is 0 Å². The predicted molar refractivity (Wildman–Crippen MR) is 55.9 cm³/mol. The zero-order valence-electron chi connectivity index (χ0n) is 8.58. The summed E-state index contributed by atoms with van der Waals surface area (Å²) in [5.74, 6) is 0. The Bertz CT molecular complexity index is 278. The molecule has 0 saturated carbocycles. The molecule has 66 valence electrons. The Morgan fingerprint density at radius 3 is 2.31 bits per heavy atom. The second-order valence-electron chi connectivity index (χ2n) is 2.39. The fourth-order valence-corrected chi connectivity index (χ4v) is 0.984. The molecule has 3 nitrogen and oxygen atoms in total. The molecule has 1 rings (SSSR count). The average molecular weight is 205 g/mol. The third kappa shape index (κ3) is 4.59. The minimum absolute atomic E-state index is 0. The van der Waals surface area contributed by atoms with Crippen LogP contribution in [0.4, 0.5) is 5.69 Å². The molecule has 0 unspecified atom stereocenters. The largest absolute Gasteiger partial charge is 1.00 e. The number of anilines is 1. The van der Waals surface area contributed by atoms with Gasteiger partial charge in [0.05, 0.1) is 0 Å². The second kappa shape index (κ2) is 6.34. The number of rotatable bonds is 2. The van der Waals surface area contributed by atoms with E-state index in [0.29, 0.717) is 6.54 Å². The first kappa shape index (κ1) is 12.9. The van der Waals surface area contributed by atoms with Gasteiger partial charge in [0.2, 0.25) is 0 Å². The Labute approximate surface area is 107 Å². The van der Waals surface area contributed by atoms with Gasteiger partial charge in [0.15, 0.2) is 5.11 Å². The summed E-state index contributed by atoms with van der Waals surface area (Å²) in [5, 5.41) is 3.10. The Balaban J connectivity index is 0. The summed E-state index contributed by atoms with van der Waals surface area (Å²) in [6, 6.07) is 7.64.